The molecule has 0 aromatic heterocycles. The molecular weight excluding hydrogens is 289 g/mol. The maximum atomic E-state index is 13.3. The van der Waals surface area contributed by atoms with Gasteiger partial charge in [0.25, 0.3) is 0 Å². The molecule has 2 N–H and O–H groups in total. The van der Waals surface area contributed by atoms with Gasteiger partial charge in [-0.2, -0.15) is 0 Å². The van der Waals surface area contributed by atoms with Crippen molar-refractivity contribution in [3.05, 3.63) is 65.0 Å². The zero-order valence-corrected chi connectivity index (χ0v) is 12.6. The molecule has 0 aliphatic rings. The van der Waals surface area contributed by atoms with E-state index in [-0.39, 0.29) is 12.4 Å². The van der Waals surface area contributed by atoms with Crippen molar-refractivity contribution in [3.63, 3.8) is 0 Å². The van der Waals surface area contributed by atoms with Gasteiger partial charge in [-0.15, -0.1) is 0 Å². The first-order chi connectivity index (χ1) is 10.1. The van der Waals surface area contributed by atoms with Crippen molar-refractivity contribution >= 4 is 10.8 Å². The van der Waals surface area contributed by atoms with Crippen LogP contribution in [0, 0.1) is 5.82 Å². The van der Waals surface area contributed by atoms with Crippen molar-refractivity contribution < 1.29 is 13.7 Å². The van der Waals surface area contributed by atoms with Gasteiger partial charge in [0.2, 0.25) is 0 Å². The summed E-state index contributed by atoms with van der Waals surface area (Å²) in [6.07, 6.45) is 1.65. The van der Waals surface area contributed by atoms with E-state index in [9.17, 15) is 8.60 Å². The van der Waals surface area contributed by atoms with Gasteiger partial charge in [0.15, 0.2) is 0 Å². The van der Waals surface area contributed by atoms with Crippen molar-refractivity contribution in [1.29, 1.82) is 0 Å². The summed E-state index contributed by atoms with van der Waals surface area (Å²) in [4.78, 5) is 0.810. The first-order valence-electron chi connectivity index (χ1n) is 6.61. The van der Waals surface area contributed by atoms with Crippen LogP contribution < -0.4 is 5.32 Å². The van der Waals surface area contributed by atoms with Crippen LogP contribution in [0.3, 0.4) is 0 Å². The lowest BCUT2D eigenvalue weighted by atomic mass is 10.1. The normalized spacial score (nSPS) is 12.3. The molecule has 2 aromatic carbocycles. The van der Waals surface area contributed by atoms with E-state index < -0.39 is 10.8 Å². The second kappa shape index (κ2) is 7.45. The largest absolute Gasteiger partial charge is 0.392 e. The van der Waals surface area contributed by atoms with Gasteiger partial charge < -0.3 is 10.4 Å². The number of aliphatic hydroxyl groups excluding tert-OH is 1. The lowest BCUT2D eigenvalue weighted by Gasteiger charge is -2.07. The molecule has 0 fully saturated rings. The van der Waals surface area contributed by atoms with Gasteiger partial charge in [-0.3, -0.25) is 4.21 Å². The Kier molecular flexibility index (Phi) is 5.61. The van der Waals surface area contributed by atoms with Gasteiger partial charge in [-0.05, 0) is 35.4 Å². The molecule has 0 saturated carbocycles. The standard InChI is InChI=1S/C16H18FNO2S/c1-21(20)15-5-2-12(3-6-15)9-18-10-13-4-7-16(17)14(8-13)11-19/h2-8,18-19H,9-11H2,1H3. The van der Waals surface area contributed by atoms with Crippen molar-refractivity contribution in [2.75, 3.05) is 6.26 Å². The van der Waals surface area contributed by atoms with Gasteiger partial charge in [-0.25, -0.2) is 4.39 Å². The van der Waals surface area contributed by atoms with Gasteiger partial charge in [-0.1, -0.05) is 18.2 Å². The van der Waals surface area contributed by atoms with Crippen LogP contribution in [-0.2, 0) is 30.5 Å². The zero-order chi connectivity index (χ0) is 15.2. The fourth-order valence-electron chi connectivity index (χ4n) is 2.01. The van der Waals surface area contributed by atoms with E-state index in [1.807, 2.05) is 24.3 Å². The van der Waals surface area contributed by atoms with E-state index >= 15 is 0 Å². The lowest BCUT2D eigenvalue weighted by Crippen LogP contribution is -2.13. The molecule has 1 unspecified atom stereocenters. The number of aliphatic hydroxyl groups is 1. The first-order valence-corrected chi connectivity index (χ1v) is 8.17. The van der Waals surface area contributed by atoms with Crippen molar-refractivity contribution in [2.45, 2.75) is 24.6 Å². The smallest absolute Gasteiger partial charge is 0.128 e. The van der Waals surface area contributed by atoms with Gasteiger partial charge in [0.1, 0.15) is 5.82 Å². The Balaban J connectivity index is 1.90. The number of nitrogens with one attached hydrogen (secondary N) is 1. The molecule has 1 atom stereocenters. The third kappa shape index (κ3) is 4.46. The van der Waals surface area contributed by atoms with E-state index in [1.54, 1.807) is 18.4 Å². The number of benzene rings is 2. The Bertz CT molecular complexity index is 629. The van der Waals surface area contributed by atoms with Crippen LogP contribution in [-0.4, -0.2) is 15.6 Å². The second-order valence-corrected chi connectivity index (χ2v) is 6.17. The molecule has 0 saturated heterocycles. The Labute approximate surface area is 126 Å². The summed E-state index contributed by atoms with van der Waals surface area (Å²) in [6, 6.07) is 12.3. The SMILES string of the molecule is CS(=O)c1ccc(CNCc2ccc(F)c(CO)c2)cc1. The maximum absolute atomic E-state index is 13.3. The summed E-state index contributed by atoms with van der Waals surface area (Å²) in [5, 5.41) is 12.3. The Hall–Kier alpha value is -1.56. The Morgan fingerprint density at radius 1 is 1.10 bits per heavy atom. The number of hydrogen-bond acceptors (Lipinski definition) is 3. The summed E-state index contributed by atoms with van der Waals surface area (Å²) in [5.74, 6) is -0.385. The lowest BCUT2D eigenvalue weighted by molar-refractivity contribution is 0.275. The van der Waals surface area contributed by atoms with E-state index in [2.05, 4.69) is 5.32 Å². The quantitative estimate of drug-likeness (QED) is 0.861. The molecule has 5 heteroatoms. The van der Waals surface area contributed by atoms with Crippen LogP contribution in [0.4, 0.5) is 4.39 Å². The average Bonchev–Trinajstić information content (AvgIpc) is 2.49. The van der Waals surface area contributed by atoms with Crippen LogP contribution in [0.5, 0.6) is 0 Å². The highest BCUT2D eigenvalue weighted by Crippen LogP contribution is 2.11. The third-order valence-corrected chi connectivity index (χ3v) is 4.13. The highest BCUT2D eigenvalue weighted by Gasteiger charge is 2.03. The van der Waals surface area contributed by atoms with Gasteiger partial charge >= 0.3 is 0 Å². The summed E-state index contributed by atoms with van der Waals surface area (Å²) < 4.78 is 24.5. The molecule has 0 aliphatic carbocycles. The van der Waals surface area contributed by atoms with E-state index in [0.717, 1.165) is 16.0 Å². The van der Waals surface area contributed by atoms with Crippen LogP contribution in [0.25, 0.3) is 0 Å². The molecule has 0 heterocycles. The summed E-state index contributed by atoms with van der Waals surface area (Å²) in [6.45, 7) is 0.965. The van der Waals surface area contributed by atoms with Gasteiger partial charge in [0, 0.05) is 40.6 Å². The topological polar surface area (TPSA) is 49.3 Å². The maximum Gasteiger partial charge on any atom is 0.128 e. The van der Waals surface area contributed by atoms with Crippen molar-refractivity contribution in [2.24, 2.45) is 0 Å². The van der Waals surface area contributed by atoms with Gasteiger partial charge in [0.05, 0.1) is 6.61 Å². The molecular formula is C16H18FNO2S. The van der Waals surface area contributed by atoms with E-state index in [1.165, 1.54) is 6.07 Å². The first kappa shape index (κ1) is 15.8. The molecule has 0 amide bonds. The summed E-state index contributed by atoms with van der Waals surface area (Å²) >= 11 is 0. The molecule has 0 spiro atoms. The van der Waals surface area contributed by atoms with Crippen molar-refractivity contribution in [3.8, 4) is 0 Å². The molecule has 112 valence electrons. The molecule has 2 rings (SSSR count). The summed E-state index contributed by atoms with van der Waals surface area (Å²) in [7, 11) is -0.958. The Morgan fingerprint density at radius 2 is 1.71 bits per heavy atom. The molecule has 21 heavy (non-hydrogen) atoms. The van der Waals surface area contributed by atoms with Crippen LogP contribution in [0.15, 0.2) is 47.4 Å². The molecule has 0 aliphatic heterocycles. The number of halogens is 1. The minimum atomic E-state index is -0.958. The van der Waals surface area contributed by atoms with Crippen molar-refractivity contribution in [1.82, 2.24) is 5.32 Å². The highest BCUT2D eigenvalue weighted by atomic mass is 32.2. The average molecular weight is 307 g/mol. The molecule has 2 aromatic rings. The molecule has 0 radical (unpaired) electrons. The monoisotopic (exact) mass is 307 g/mol. The molecule has 0 bridgehead atoms. The number of hydrogen-bond donors (Lipinski definition) is 2. The van der Waals surface area contributed by atoms with Crippen LogP contribution in [0.2, 0.25) is 0 Å². The summed E-state index contributed by atoms with van der Waals surface area (Å²) in [5.41, 5.74) is 2.32. The van der Waals surface area contributed by atoms with E-state index in [4.69, 9.17) is 5.11 Å². The minimum absolute atomic E-state index is 0.296. The Morgan fingerprint density at radius 3 is 2.33 bits per heavy atom. The predicted molar refractivity (Wildman–Crippen MR) is 81.6 cm³/mol. The van der Waals surface area contributed by atoms with Crippen LogP contribution in [0.1, 0.15) is 16.7 Å². The number of rotatable bonds is 6. The predicted octanol–water partition coefficient (Wildman–Crippen LogP) is 2.35. The third-order valence-electron chi connectivity index (χ3n) is 3.19. The fraction of sp³-hybridized carbons (Fsp3) is 0.250. The molecule has 3 nitrogen and oxygen atoms in total. The minimum Gasteiger partial charge on any atom is -0.392 e. The second-order valence-electron chi connectivity index (χ2n) is 4.79. The van der Waals surface area contributed by atoms with Crippen LogP contribution >= 0.6 is 0 Å². The highest BCUT2D eigenvalue weighted by molar-refractivity contribution is 7.84. The zero-order valence-electron chi connectivity index (χ0n) is 11.8. The van der Waals surface area contributed by atoms with E-state index in [0.29, 0.717) is 18.7 Å². The fourth-order valence-corrected chi connectivity index (χ4v) is 2.53.